The molecule has 0 aliphatic carbocycles. The Morgan fingerprint density at radius 1 is 0.707 bits per heavy atom. The number of carbonyl (C=O) groups is 10. The fourth-order valence-electron chi connectivity index (χ4n) is 10.5. The number of nitrogens with one attached hydrogen (secondary N) is 2. The van der Waals surface area contributed by atoms with E-state index in [-0.39, 0.29) is 50.0 Å². The number of pyridine rings is 1. The van der Waals surface area contributed by atoms with Crippen LogP contribution in [0.25, 0.3) is 0 Å². The summed E-state index contributed by atoms with van der Waals surface area (Å²) in [6.45, 7) is 23.3. The summed E-state index contributed by atoms with van der Waals surface area (Å²) in [5.74, 6) is -6.85. The Hall–Kier alpha value is -6.19. The Labute approximate surface area is 490 Å². The largest absolute Gasteiger partial charge is 0.451 e. The van der Waals surface area contributed by atoms with E-state index in [0.717, 1.165) is 0 Å². The van der Waals surface area contributed by atoms with Gasteiger partial charge >= 0.3 is 5.97 Å². The topological polar surface area (TPSA) is 243 Å². The third-order valence-corrected chi connectivity index (χ3v) is 16.1. The number of hydrogen-bond acceptors (Lipinski definition) is 13. The van der Waals surface area contributed by atoms with Crippen molar-refractivity contribution in [3.05, 3.63) is 30.1 Å². The first-order valence-corrected chi connectivity index (χ1v) is 29.3. The predicted molar refractivity (Wildman–Crippen MR) is 315 cm³/mol. The molecule has 1 fully saturated rings. The van der Waals surface area contributed by atoms with Crippen LogP contribution in [0.5, 0.6) is 0 Å². The quantitative estimate of drug-likeness (QED) is 0.189. The molecule has 1 aromatic heterocycles. The molecule has 1 saturated heterocycles. The van der Waals surface area contributed by atoms with E-state index in [0.29, 0.717) is 24.8 Å². The number of carbonyl (C=O) groups excluding carboxylic acids is 10. The summed E-state index contributed by atoms with van der Waals surface area (Å²) in [6.07, 6.45) is 3.65. The molecule has 0 aromatic carbocycles. The number of ether oxygens (including phenoxy) is 1. The number of likely N-dealkylation sites (N-methyl/N-ethyl adjacent to an activating group) is 8. The molecule has 0 spiro atoms. The van der Waals surface area contributed by atoms with Crippen molar-refractivity contribution in [1.29, 1.82) is 0 Å². The molecule has 0 radical (unpaired) electrons. The maximum absolute atomic E-state index is 15.2. The van der Waals surface area contributed by atoms with E-state index < -0.39 is 131 Å². The molecule has 1 aliphatic heterocycles. The van der Waals surface area contributed by atoms with Crippen molar-refractivity contribution in [3.63, 3.8) is 0 Å². The highest BCUT2D eigenvalue weighted by atomic mass is 16.6. The summed E-state index contributed by atoms with van der Waals surface area (Å²) in [7, 11) is 13.9. The molecule has 2 rings (SSSR count). The van der Waals surface area contributed by atoms with Gasteiger partial charge in [0, 0.05) is 74.7 Å². The minimum absolute atomic E-state index is 0.0590. The molecule has 464 valence electrons. The first kappa shape index (κ1) is 71.9. The van der Waals surface area contributed by atoms with Crippen molar-refractivity contribution in [2.45, 2.75) is 195 Å². The molecule has 0 unspecified atom stereocenters. The van der Waals surface area contributed by atoms with Gasteiger partial charge in [-0.05, 0) is 108 Å². The monoisotopic (exact) mass is 1150 g/mol. The summed E-state index contributed by atoms with van der Waals surface area (Å²) in [5.41, 5.74) is 0.681. The van der Waals surface area contributed by atoms with E-state index in [1.165, 1.54) is 97.4 Å². The third-order valence-electron chi connectivity index (χ3n) is 16.1. The molecule has 9 amide bonds. The second kappa shape index (κ2) is 32.6. The van der Waals surface area contributed by atoms with E-state index in [9.17, 15) is 38.4 Å². The maximum Gasteiger partial charge on any atom is 0.324 e. The van der Waals surface area contributed by atoms with E-state index in [2.05, 4.69) is 15.6 Å². The van der Waals surface area contributed by atoms with E-state index >= 15 is 9.59 Å². The average Bonchev–Trinajstić information content (AvgIpc) is 3.47. The highest BCUT2D eigenvalue weighted by Gasteiger charge is 2.43. The molecule has 2 N–H and O–H groups in total. The Morgan fingerprint density at radius 3 is 1.83 bits per heavy atom. The van der Waals surface area contributed by atoms with Gasteiger partial charge in [-0.2, -0.15) is 0 Å². The molecule has 22 nitrogen and oxygen atoms in total. The summed E-state index contributed by atoms with van der Waals surface area (Å²) >= 11 is 0. The van der Waals surface area contributed by atoms with Crippen LogP contribution in [0.2, 0.25) is 0 Å². The van der Waals surface area contributed by atoms with Crippen LogP contribution in [-0.2, 0) is 59.1 Å². The van der Waals surface area contributed by atoms with Crippen molar-refractivity contribution < 1.29 is 52.7 Å². The molecule has 0 bridgehead atoms. The second-order valence-corrected chi connectivity index (χ2v) is 24.6. The summed E-state index contributed by atoms with van der Waals surface area (Å²) in [5, 5.41) is 5.74. The van der Waals surface area contributed by atoms with Crippen molar-refractivity contribution in [2.24, 2.45) is 29.6 Å². The van der Waals surface area contributed by atoms with E-state index in [1.807, 2.05) is 48.5 Å². The molecular weight excluding hydrogens is 1050 g/mol. The minimum atomic E-state index is -1.21. The van der Waals surface area contributed by atoms with Gasteiger partial charge in [-0.25, -0.2) is 0 Å². The predicted octanol–water partition coefficient (Wildman–Crippen LogP) is 3.55. The zero-order valence-corrected chi connectivity index (χ0v) is 53.6. The first-order chi connectivity index (χ1) is 38.0. The van der Waals surface area contributed by atoms with Crippen LogP contribution in [0.3, 0.4) is 0 Å². The Kier molecular flexibility index (Phi) is 28.6. The van der Waals surface area contributed by atoms with Crippen LogP contribution in [-0.4, -0.2) is 234 Å². The van der Waals surface area contributed by atoms with Crippen LogP contribution < -0.4 is 10.6 Å². The van der Waals surface area contributed by atoms with Gasteiger partial charge in [-0.1, -0.05) is 81.7 Å². The van der Waals surface area contributed by atoms with Gasteiger partial charge in [0.1, 0.15) is 54.4 Å². The molecule has 22 heteroatoms. The highest BCUT2D eigenvalue weighted by molar-refractivity contribution is 5.98. The third kappa shape index (κ3) is 19.2. The lowest BCUT2D eigenvalue weighted by molar-refractivity contribution is -0.169. The Balaban J connectivity index is 2.75. The van der Waals surface area contributed by atoms with Gasteiger partial charge in [-0.15, -0.1) is 0 Å². The lowest BCUT2D eigenvalue weighted by Gasteiger charge is -2.40. The number of nitrogens with zero attached hydrogens (tertiary/aromatic N) is 9. The average molecular weight is 1150 g/mol. The molecule has 11 atom stereocenters. The lowest BCUT2D eigenvalue weighted by Crippen LogP contribution is -2.61. The zero-order valence-electron chi connectivity index (χ0n) is 53.6. The van der Waals surface area contributed by atoms with Gasteiger partial charge in [0.05, 0.1) is 0 Å². The first-order valence-electron chi connectivity index (χ1n) is 29.3. The van der Waals surface area contributed by atoms with Crippen molar-refractivity contribution in [1.82, 2.24) is 54.8 Å². The van der Waals surface area contributed by atoms with Gasteiger partial charge in [0.2, 0.25) is 47.3 Å². The van der Waals surface area contributed by atoms with Gasteiger partial charge in [0.15, 0.2) is 6.10 Å². The minimum Gasteiger partial charge on any atom is -0.451 e. The number of aromatic nitrogens is 1. The Bertz CT molecular complexity index is 2330. The standard InChI is InChI=1S/C60H103N11O11/c1-23-39(10)49-52(73)62-40(11)53(74)69(20)46(31-35(2)3)51(72)63-44(33-43-27-26-29-61-34-43)56(77)65(16)30-25-24-28-45(57(78)66(17)42(13)55(76)71(49)22)68(19)58(79)47(32-36(4)5)70(21)54(75)41(12)67(18)59(80)50(38(8)9)82-60(81)48(37(6)7)64(14)15/h26-27,29,34-42,44-50H,23-25,28,30-33H2,1-22H3,(H,62,73)(H,63,72)/t39-,40-,41-,42-,44-,45-,46-,47-,48-,49-,50+/m0/s1. The van der Waals surface area contributed by atoms with Crippen molar-refractivity contribution in [3.8, 4) is 0 Å². The van der Waals surface area contributed by atoms with Crippen LogP contribution in [0.1, 0.15) is 134 Å². The van der Waals surface area contributed by atoms with E-state index in [1.54, 1.807) is 71.3 Å². The second-order valence-electron chi connectivity index (χ2n) is 24.6. The van der Waals surface area contributed by atoms with Crippen molar-refractivity contribution in [2.75, 3.05) is 70.0 Å². The van der Waals surface area contributed by atoms with Crippen molar-refractivity contribution >= 4 is 59.1 Å². The molecule has 2 heterocycles. The number of rotatable bonds is 19. The number of esters is 1. The smallest absolute Gasteiger partial charge is 0.324 e. The highest BCUT2D eigenvalue weighted by Crippen LogP contribution is 2.24. The SMILES string of the molecule is CC[C@H](C)[C@H]1C(=O)N[C@@H](C)C(=O)N(C)[C@@H](CC(C)C)C(=O)N[C@@H](Cc2cccnc2)C(=O)N(C)CCCC[C@H](N(C)C(=O)[C@H](CC(C)C)N(C)C(=O)[C@H](C)N(C)C(=O)[C@H](OC(=O)[C@H](C(C)C)N(C)C)C(C)C)C(=O)N(C)[C@@H](C)C(=O)N1C. The van der Waals surface area contributed by atoms with Crippen LogP contribution in [0.4, 0.5) is 0 Å². The fourth-order valence-corrected chi connectivity index (χ4v) is 10.5. The summed E-state index contributed by atoms with van der Waals surface area (Å²) in [6, 6.07) is -6.09. The normalized spacial score (nSPS) is 22.8. The lowest BCUT2D eigenvalue weighted by atomic mass is 9.95. The van der Waals surface area contributed by atoms with Crippen LogP contribution >= 0.6 is 0 Å². The van der Waals surface area contributed by atoms with E-state index in [4.69, 9.17) is 4.74 Å². The molecule has 0 saturated carbocycles. The van der Waals surface area contributed by atoms with Gasteiger partial charge in [0.25, 0.3) is 5.91 Å². The molecule has 1 aliphatic rings. The molecule has 82 heavy (non-hydrogen) atoms. The Morgan fingerprint density at radius 2 is 1.32 bits per heavy atom. The molecule has 1 aromatic rings. The zero-order chi connectivity index (χ0) is 62.9. The maximum atomic E-state index is 15.2. The summed E-state index contributed by atoms with van der Waals surface area (Å²) < 4.78 is 5.86. The number of amides is 9. The van der Waals surface area contributed by atoms with Gasteiger partial charge in [-0.3, -0.25) is 57.8 Å². The van der Waals surface area contributed by atoms with Crippen LogP contribution in [0, 0.1) is 29.6 Å². The van der Waals surface area contributed by atoms with Crippen LogP contribution in [0.15, 0.2) is 24.5 Å². The number of hydrogen-bond donors (Lipinski definition) is 2. The van der Waals surface area contributed by atoms with Gasteiger partial charge < -0.3 is 49.7 Å². The summed E-state index contributed by atoms with van der Waals surface area (Å²) in [4.78, 5) is 160. The fraction of sp³-hybridized carbons (Fsp3) is 0.750. The molecular formula is C60H103N11O11.